The highest BCUT2D eigenvalue weighted by molar-refractivity contribution is 7.98. The number of rotatable bonds is 7. The van der Waals surface area contributed by atoms with Gasteiger partial charge >= 0.3 is 0 Å². The maximum Gasteiger partial charge on any atom is 0.0648 e. The lowest BCUT2D eigenvalue weighted by Gasteiger charge is -2.29. The lowest BCUT2D eigenvalue weighted by Crippen LogP contribution is -2.50. The Balaban J connectivity index is 2.59. The molecule has 0 fully saturated rings. The maximum absolute atomic E-state index is 9.31. The van der Waals surface area contributed by atoms with Crippen molar-refractivity contribution in [3.63, 3.8) is 0 Å². The van der Waals surface area contributed by atoms with E-state index >= 15 is 0 Å². The van der Waals surface area contributed by atoms with Gasteiger partial charge in [-0.15, -0.1) is 11.8 Å². The summed E-state index contributed by atoms with van der Waals surface area (Å²) in [7, 11) is 0. The minimum absolute atomic E-state index is 0.0527. The molecular formula is C13H21NO2S. The second kappa shape index (κ2) is 7.01. The van der Waals surface area contributed by atoms with Gasteiger partial charge in [0, 0.05) is 11.4 Å². The number of thioether (sulfide) groups is 1. The zero-order valence-corrected chi connectivity index (χ0v) is 11.3. The van der Waals surface area contributed by atoms with Gasteiger partial charge in [-0.25, -0.2) is 0 Å². The lowest BCUT2D eigenvalue weighted by molar-refractivity contribution is 0.0864. The van der Waals surface area contributed by atoms with Gasteiger partial charge in [-0.05, 0) is 30.4 Å². The van der Waals surface area contributed by atoms with Crippen molar-refractivity contribution in [3.8, 4) is 0 Å². The molecule has 0 saturated heterocycles. The third-order valence-corrected chi connectivity index (χ3v) is 3.85. The largest absolute Gasteiger partial charge is 0.394 e. The Morgan fingerprint density at radius 2 is 1.76 bits per heavy atom. The summed E-state index contributed by atoms with van der Waals surface area (Å²) in [6, 6.07) is 8.28. The molecule has 3 nitrogen and oxygen atoms in total. The van der Waals surface area contributed by atoms with Crippen LogP contribution >= 0.6 is 11.8 Å². The first-order chi connectivity index (χ1) is 8.19. The summed E-state index contributed by atoms with van der Waals surface area (Å²) in [6.45, 7) is 2.51. The summed E-state index contributed by atoms with van der Waals surface area (Å²) in [5.74, 6) is 0. The molecule has 1 aromatic carbocycles. The zero-order chi connectivity index (χ0) is 12.7. The monoisotopic (exact) mass is 255 g/mol. The third kappa shape index (κ3) is 4.00. The molecule has 0 aliphatic carbocycles. The molecule has 96 valence electrons. The van der Waals surface area contributed by atoms with Crippen molar-refractivity contribution < 1.29 is 10.2 Å². The van der Waals surface area contributed by atoms with Gasteiger partial charge in [-0.1, -0.05) is 19.1 Å². The number of hydrogen-bond donors (Lipinski definition) is 3. The van der Waals surface area contributed by atoms with Crippen LogP contribution < -0.4 is 5.32 Å². The van der Waals surface area contributed by atoms with Gasteiger partial charge in [-0.3, -0.25) is 0 Å². The van der Waals surface area contributed by atoms with Gasteiger partial charge in [0.1, 0.15) is 0 Å². The van der Waals surface area contributed by atoms with E-state index in [1.165, 1.54) is 4.90 Å². The second-order valence-electron chi connectivity index (χ2n) is 4.15. The summed E-state index contributed by atoms with van der Waals surface area (Å²) in [6.07, 6.45) is 2.75. The summed E-state index contributed by atoms with van der Waals surface area (Å²) >= 11 is 1.71. The Labute approximate surface area is 107 Å². The SMILES string of the molecule is CCC(CO)(CO)NCc1ccc(SC)cc1. The molecule has 0 unspecified atom stereocenters. The smallest absolute Gasteiger partial charge is 0.0648 e. The van der Waals surface area contributed by atoms with Crippen LogP contribution in [-0.4, -0.2) is 35.2 Å². The van der Waals surface area contributed by atoms with Crippen molar-refractivity contribution in [1.82, 2.24) is 5.32 Å². The van der Waals surface area contributed by atoms with Gasteiger partial charge in [0.15, 0.2) is 0 Å². The molecule has 1 aromatic rings. The minimum Gasteiger partial charge on any atom is -0.394 e. The predicted octanol–water partition coefficient (Wildman–Crippen LogP) is 1.63. The van der Waals surface area contributed by atoms with E-state index < -0.39 is 5.54 Å². The molecule has 17 heavy (non-hydrogen) atoms. The van der Waals surface area contributed by atoms with Crippen molar-refractivity contribution in [3.05, 3.63) is 29.8 Å². The molecule has 0 heterocycles. The van der Waals surface area contributed by atoms with E-state index in [0.29, 0.717) is 13.0 Å². The number of hydrogen-bond acceptors (Lipinski definition) is 4. The van der Waals surface area contributed by atoms with E-state index in [2.05, 4.69) is 29.6 Å². The van der Waals surface area contributed by atoms with Crippen LogP contribution in [0.25, 0.3) is 0 Å². The molecular weight excluding hydrogens is 234 g/mol. The molecule has 0 radical (unpaired) electrons. The van der Waals surface area contributed by atoms with E-state index in [1.54, 1.807) is 11.8 Å². The van der Waals surface area contributed by atoms with Gasteiger partial charge < -0.3 is 15.5 Å². The molecule has 0 bridgehead atoms. The molecule has 0 saturated carbocycles. The van der Waals surface area contributed by atoms with Crippen LogP contribution in [0.5, 0.6) is 0 Å². The second-order valence-corrected chi connectivity index (χ2v) is 5.03. The van der Waals surface area contributed by atoms with E-state index in [1.807, 2.05) is 13.2 Å². The van der Waals surface area contributed by atoms with Crippen molar-refractivity contribution in [2.24, 2.45) is 0 Å². The number of aliphatic hydroxyl groups is 2. The van der Waals surface area contributed by atoms with E-state index in [9.17, 15) is 10.2 Å². The standard InChI is InChI=1S/C13H21NO2S/c1-3-13(9-15,10-16)14-8-11-4-6-12(17-2)7-5-11/h4-7,14-16H,3,8-10H2,1-2H3. The quantitative estimate of drug-likeness (QED) is 0.648. The average Bonchev–Trinajstić information content (AvgIpc) is 2.41. The predicted molar refractivity (Wildman–Crippen MR) is 72.3 cm³/mol. The van der Waals surface area contributed by atoms with Gasteiger partial charge in [0.2, 0.25) is 0 Å². The van der Waals surface area contributed by atoms with Crippen LogP contribution in [0.2, 0.25) is 0 Å². The Kier molecular flexibility index (Phi) is 5.98. The summed E-state index contributed by atoms with van der Waals surface area (Å²) in [5, 5.41) is 21.9. The highest BCUT2D eigenvalue weighted by atomic mass is 32.2. The van der Waals surface area contributed by atoms with Gasteiger partial charge in [0.05, 0.1) is 18.8 Å². The van der Waals surface area contributed by atoms with Gasteiger partial charge in [-0.2, -0.15) is 0 Å². The Morgan fingerprint density at radius 3 is 2.18 bits per heavy atom. The van der Waals surface area contributed by atoms with Crippen LogP contribution in [0.4, 0.5) is 0 Å². The Hall–Kier alpha value is -0.550. The lowest BCUT2D eigenvalue weighted by atomic mass is 9.98. The molecule has 0 spiro atoms. The van der Waals surface area contributed by atoms with Crippen LogP contribution in [0.1, 0.15) is 18.9 Å². The number of aliphatic hydroxyl groups excluding tert-OH is 2. The molecule has 0 atom stereocenters. The Bertz CT molecular complexity index is 314. The van der Waals surface area contributed by atoms with Crippen molar-refractivity contribution in [2.45, 2.75) is 30.3 Å². The molecule has 4 heteroatoms. The van der Waals surface area contributed by atoms with E-state index in [4.69, 9.17) is 0 Å². The summed E-state index contributed by atoms with van der Waals surface area (Å²) in [5.41, 5.74) is 0.584. The third-order valence-electron chi connectivity index (χ3n) is 3.11. The number of nitrogens with one attached hydrogen (secondary N) is 1. The Morgan fingerprint density at radius 1 is 1.18 bits per heavy atom. The highest BCUT2D eigenvalue weighted by Gasteiger charge is 2.25. The van der Waals surface area contributed by atoms with Crippen molar-refractivity contribution in [2.75, 3.05) is 19.5 Å². The average molecular weight is 255 g/mol. The van der Waals surface area contributed by atoms with E-state index in [-0.39, 0.29) is 13.2 Å². The zero-order valence-electron chi connectivity index (χ0n) is 10.4. The molecule has 0 aliphatic heterocycles. The van der Waals surface area contributed by atoms with Gasteiger partial charge in [0.25, 0.3) is 0 Å². The molecule has 1 rings (SSSR count). The normalized spacial score (nSPS) is 11.8. The highest BCUT2D eigenvalue weighted by Crippen LogP contribution is 2.16. The van der Waals surface area contributed by atoms with Crippen LogP contribution in [-0.2, 0) is 6.54 Å². The summed E-state index contributed by atoms with van der Waals surface area (Å²) in [4.78, 5) is 1.24. The fraction of sp³-hybridized carbons (Fsp3) is 0.538. The number of benzene rings is 1. The molecule has 0 aromatic heterocycles. The van der Waals surface area contributed by atoms with Crippen molar-refractivity contribution >= 4 is 11.8 Å². The van der Waals surface area contributed by atoms with Crippen molar-refractivity contribution in [1.29, 1.82) is 0 Å². The van der Waals surface area contributed by atoms with Crippen LogP contribution in [0.3, 0.4) is 0 Å². The maximum atomic E-state index is 9.31. The first-order valence-electron chi connectivity index (χ1n) is 5.79. The van der Waals surface area contributed by atoms with Crippen LogP contribution in [0.15, 0.2) is 29.2 Å². The van der Waals surface area contributed by atoms with E-state index in [0.717, 1.165) is 5.56 Å². The fourth-order valence-electron chi connectivity index (χ4n) is 1.54. The molecule has 0 amide bonds. The van der Waals surface area contributed by atoms with Crippen LogP contribution in [0, 0.1) is 0 Å². The first-order valence-corrected chi connectivity index (χ1v) is 7.02. The minimum atomic E-state index is -0.571. The fourth-order valence-corrected chi connectivity index (χ4v) is 1.95. The topological polar surface area (TPSA) is 52.5 Å². The first kappa shape index (κ1) is 14.5. The molecule has 0 aliphatic rings. The molecule has 3 N–H and O–H groups in total. The summed E-state index contributed by atoms with van der Waals surface area (Å²) < 4.78 is 0.